The highest BCUT2D eigenvalue weighted by Crippen LogP contribution is 2.25. The van der Waals surface area contributed by atoms with E-state index in [-0.39, 0.29) is 24.0 Å². The van der Waals surface area contributed by atoms with Crippen LogP contribution >= 0.6 is 35.7 Å². The normalized spacial score (nSPS) is 17.2. The van der Waals surface area contributed by atoms with Crippen molar-refractivity contribution in [3.05, 3.63) is 30.3 Å². The van der Waals surface area contributed by atoms with Crippen molar-refractivity contribution in [1.29, 1.82) is 0 Å². The maximum Gasteiger partial charge on any atom is 0.193 e. The number of ether oxygens (including phenoxy) is 2. The smallest absolute Gasteiger partial charge is 0.193 e. The van der Waals surface area contributed by atoms with Crippen LogP contribution in [0.5, 0.6) is 0 Å². The van der Waals surface area contributed by atoms with Crippen LogP contribution in [-0.2, 0) is 9.47 Å². The van der Waals surface area contributed by atoms with Crippen LogP contribution in [0.1, 0.15) is 12.8 Å². The molecule has 1 fully saturated rings. The number of hydrogen-bond donors (Lipinski definition) is 1. The number of thioether (sulfide) groups is 1. The number of benzene rings is 1. The summed E-state index contributed by atoms with van der Waals surface area (Å²) in [5.74, 6) is 2.91. The summed E-state index contributed by atoms with van der Waals surface area (Å²) in [5, 5.41) is 3.45. The number of guanidine groups is 1. The number of rotatable bonds is 10. The summed E-state index contributed by atoms with van der Waals surface area (Å²) in [6, 6.07) is 10.7. The lowest BCUT2D eigenvalue weighted by Gasteiger charge is -2.21. The van der Waals surface area contributed by atoms with Crippen LogP contribution in [0.2, 0.25) is 0 Å². The Morgan fingerprint density at radius 2 is 2.08 bits per heavy atom. The number of halogens is 1. The van der Waals surface area contributed by atoms with Gasteiger partial charge in [-0.3, -0.25) is 4.99 Å². The number of aliphatic imine (C=N–C) groups is 1. The van der Waals surface area contributed by atoms with Gasteiger partial charge in [-0.15, -0.1) is 35.7 Å². The minimum absolute atomic E-state index is 0. The molecule has 1 aromatic rings. The molecule has 0 aliphatic carbocycles. The van der Waals surface area contributed by atoms with E-state index in [1.807, 2.05) is 18.8 Å². The molecule has 1 saturated heterocycles. The van der Waals surface area contributed by atoms with Gasteiger partial charge >= 0.3 is 0 Å². The number of likely N-dealkylation sites (tertiary alicyclic amines) is 1. The van der Waals surface area contributed by atoms with Crippen LogP contribution in [0.3, 0.4) is 0 Å². The average Bonchev–Trinajstić information content (AvgIpc) is 3.12. The van der Waals surface area contributed by atoms with Crippen molar-refractivity contribution in [2.24, 2.45) is 10.9 Å². The van der Waals surface area contributed by atoms with Gasteiger partial charge in [0.05, 0.1) is 13.2 Å². The Kier molecular flexibility index (Phi) is 13.2. The lowest BCUT2D eigenvalue weighted by Crippen LogP contribution is -2.40. The van der Waals surface area contributed by atoms with Gasteiger partial charge in [0.2, 0.25) is 0 Å². The van der Waals surface area contributed by atoms with Crippen molar-refractivity contribution in [3.8, 4) is 0 Å². The monoisotopic (exact) mass is 493 g/mol. The van der Waals surface area contributed by atoms with E-state index in [1.165, 1.54) is 17.1 Å². The first kappa shape index (κ1) is 23.5. The van der Waals surface area contributed by atoms with Gasteiger partial charge in [-0.1, -0.05) is 18.2 Å². The van der Waals surface area contributed by atoms with Gasteiger partial charge in [0.25, 0.3) is 0 Å². The molecule has 1 aliphatic rings. The topological polar surface area (TPSA) is 46.1 Å². The lowest BCUT2D eigenvalue weighted by atomic mass is 10.2. The highest BCUT2D eigenvalue weighted by atomic mass is 127. The highest BCUT2D eigenvalue weighted by molar-refractivity contribution is 14.0. The third-order valence-electron chi connectivity index (χ3n) is 4.21. The first-order chi connectivity index (χ1) is 12.3. The minimum Gasteiger partial charge on any atom is -0.382 e. The minimum atomic E-state index is 0. The maximum atomic E-state index is 5.48. The Balaban J connectivity index is 0.00000338. The standard InChI is InChI=1S/C19H31N3O2S.HI/c1-20-19(21-10-6-12-24-14-13-23-2)22-11-9-17(15-22)16-25-18-7-4-3-5-8-18;/h3-5,7-8,17H,6,9-16H2,1-2H3,(H,20,21);1H. The first-order valence-electron chi connectivity index (χ1n) is 9.03. The highest BCUT2D eigenvalue weighted by Gasteiger charge is 2.24. The predicted octanol–water partition coefficient (Wildman–Crippen LogP) is 3.35. The zero-order valence-electron chi connectivity index (χ0n) is 15.9. The van der Waals surface area contributed by atoms with Gasteiger partial charge in [-0.05, 0) is 30.9 Å². The molecular formula is C19H32IN3O2S. The maximum absolute atomic E-state index is 5.48. The Morgan fingerprint density at radius 1 is 1.27 bits per heavy atom. The summed E-state index contributed by atoms with van der Waals surface area (Å²) in [6.07, 6.45) is 2.21. The van der Waals surface area contributed by atoms with E-state index in [0.717, 1.165) is 44.5 Å². The van der Waals surface area contributed by atoms with Gasteiger partial charge < -0.3 is 19.7 Å². The van der Waals surface area contributed by atoms with E-state index in [2.05, 4.69) is 45.5 Å². The van der Waals surface area contributed by atoms with Crippen molar-refractivity contribution in [2.45, 2.75) is 17.7 Å². The Hall–Kier alpha value is -0.510. The Labute approximate surface area is 179 Å². The molecule has 1 N–H and O–H groups in total. The zero-order chi connectivity index (χ0) is 17.7. The SMILES string of the molecule is CN=C(NCCCOCCOC)N1CCC(CSc2ccccc2)C1.I. The number of nitrogens with one attached hydrogen (secondary N) is 1. The number of hydrogen-bond acceptors (Lipinski definition) is 4. The molecule has 1 aromatic carbocycles. The molecule has 1 unspecified atom stereocenters. The Bertz CT molecular complexity index is 505. The summed E-state index contributed by atoms with van der Waals surface area (Å²) in [4.78, 5) is 8.17. The van der Waals surface area contributed by atoms with Gasteiger partial charge in [-0.25, -0.2) is 0 Å². The molecule has 2 rings (SSSR count). The lowest BCUT2D eigenvalue weighted by molar-refractivity contribution is 0.0698. The predicted molar refractivity (Wildman–Crippen MR) is 121 cm³/mol. The van der Waals surface area contributed by atoms with Crippen molar-refractivity contribution in [1.82, 2.24) is 10.2 Å². The fourth-order valence-corrected chi connectivity index (χ4v) is 3.89. The van der Waals surface area contributed by atoms with E-state index in [4.69, 9.17) is 9.47 Å². The van der Waals surface area contributed by atoms with Crippen LogP contribution in [0.15, 0.2) is 40.2 Å². The summed E-state index contributed by atoms with van der Waals surface area (Å²) in [5.41, 5.74) is 0. The summed E-state index contributed by atoms with van der Waals surface area (Å²) in [7, 11) is 3.56. The first-order valence-corrected chi connectivity index (χ1v) is 10.0. The van der Waals surface area contributed by atoms with Crippen LogP contribution in [-0.4, -0.2) is 70.2 Å². The van der Waals surface area contributed by atoms with E-state index >= 15 is 0 Å². The molecule has 0 radical (unpaired) electrons. The zero-order valence-corrected chi connectivity index (χ0v) is 19.0. The molecule has 0 bridgehead atoms. The third kappa shape index (κ3) is 8.92. The van der Waals surface area contributed by atoms with Gasteiger partial charge in [0, 0.05) is 51.0 Å². The molecule has 1 heterocycles. The molecule has 0 saturated carbocycles. The van der Waals surface area contributed by atoms with E-state index in [0.29, 0.717) is 13.2 Å². The van der Waals surface area contributed by atoms with Crippen LogP contribution in [0.25, 0.3) is 0 Å². The molecule has 0 aromatic heterocycles. The summed E-state index contributed by atoms with van der Waals surface area (Å²) >= 11 is 1.96. The quantitative estimate of drug-likeness (QED) is 0.178. The van der Waals surface area contributed by atoms with E-state index in [9.17, 15) is 0 Å². The van der Waals surface area contributed by atoms with Crippen LogP contribution in [0, 0.1) is 5.92 Å². The van der Waals surface area contributed by atoms with Crippen LogP contribution in [0.4, 0.5) is 0 Å². The van der Waals surface area contributed by atoms with E-state index in [1.54, 1.807) is 7.11 Å². The van der Waals surface area contributed by atoms with Crippen molar-refractivity contribution in [2.75, 3.05) is 59.4 Å². The van der Waals surface area contributed by atoms with E-state index < -0.39 is 0 Å². The third-order valence-corrected chi connectivity index (χ3v) is 5.45. The number of methoxy groups -OCH3 is 1. The molecule has 0 spiro atoms. The van der Waals surface area contributed by atoms with Crippen molar-refractivity contribution in [3.63, 3.8) is 0 Å². The van der Waals surface area contributed by atoms with Gasteiger partial charge in [-0.2, -0.15) is 0 Å². The molecular weight excluding hydrogens is 461 g/mol. The molecule has 5 nitrogen and oxygen atoms in total. The molecule has 0 amide bonds. The second-order valence-electron chi connectivity index (χ2n) is 6.16. The second kappa shape index (κ2) is 14.5. The second-order valence-corrected chi connectivity index (χ2v) is 7.25. The Morgan fingerprint density at radius 3 is 2.81 bits per heavy atom. The molecule has 1 atom stereocenters. The molecule has 7 heteroatoms. The molecule has 26 heavy (non-hydrogen) atoms. The fraction of sp³-hybridized carbons (Fsp3) is 0.632. The average molecular weight is 493 g/mol. The fourth-order valence-electron chi connectivity index (χ4n) is 2.84. The van der Waals surface area contributed by atoms with Gasteiger partial charge in [0.15, 0.2) is 5.96 Å². The summed E-state index contributed by atoms with van der Waals surface area (Å²) in [6.45, 7) is 5.14. The largest absolute Gasteiger partial charge is 0.382 e. The van der Waals surface area contributed by atoms with Crippen molar-refractivity contribution >= 4 is 41.7 Å². The number of nitrogens with zero attached hydrogens (tertiary/aromatic N) is 2. The van der Waals surface area contributed by atoms with Gasteiger partial charge in [0.1, 0.15) is 0 Å². The van der Waals surface area contributed by atoms with Crippen molar-refractivity contribution < 1.29 is 9.47 Å². The molecule has 148 valence electrons. The van der Waals surface area contributed by atoms with Crippen LogP contribution < -0.4 is 5.32 Å². The molecule has 1 aliphatic heterocycles. The summed E-state index contributed by atoms with van der Waals surface area (Å²) < 4.78 is 10.4.